The maximum Gasteiger partial charge on any atom is 0.236 e. The first-order chi connectivity index (χ1) is 8.13. The highest BCUT2D eigenvalue weighted by Crippen LogP contribution is 2.32. The summed E-state index contributed by atoms with van der Waals surface area (Å²) in [7, 11) is 4.06. The summed E-state index contributed by atoms with van der Waals surface area (Å²) in [5.74, 6) is 0.293. The molecule has 0 spiro atoms. The molecule has 0 aromatic heterocycles. The Bertz CT molecular complexity index is 281. The summed E-state index contributed by atoms with van der Waals surface area (Å²) in [5.41, 5.74) is 0. The molecule has 2 atom stereocenters. The molecule has 0 aliphatic heterocycles. The molecule has 2 saturated carbocycles. The van der Waals surface area contributed by atoms with E-state index in [-0.39, 0.29) is 0 Å². The molecule has 1 amide bonds. The van der Waals surface area contributed by atoms with E-state index in [1.54, 1.807) is 0 Å². The van der Waals surface area contributed by atoms with Crippen LogP contribution in [0.3, 0.4) is 0 Å². The number of hydrogen-bond acceptors (Lipinski definition) is 3. The molecule has 3 nitrogen and oxygen atoms in total. The predicted octanol–water partition coefficient (Wildman–Crippen LogP) is 1.82. The lowest BCUT2D eigenvalue weighted by Crippen LogP contribution is -2.44. The standard InChI is InChI=1S/C13H24N2OS/c1-14(11-5-4-6-12(11)17-3)9-13(16)15(2)10-7-8-10/h10-12H,4-9H2,1-3H3/t11-,12-/m1/s1. The number of nitrogens with zero attached hydrogens (tertiary/aromatic N) is 2. The van der Waals surface area contributed by atoms with Crippen LogP contribution < -0.4 is 0 Å². The molecule has 2 aliphatic carbocycles. The Morgan fingerprint density at radius 1 is 1.24 bits per heavy atom. The van der Waals surface area contributed by atoms with E-state index in [2.05, 4.69) is 18.2 Å². The number of likely N-dealkylation sites (N-methyl/N-ethyl adjacent to an activating group) is 2. The zero-order valence-corrected chi connectivity index (χ0v) is 12.0. The monoisotopic (exact) mass is 256 g/mol. The van der Waals surface area contributed by atoms with Crippen LogP contribution in [0.2, 0.25) is 0 Å². The van der Waals surface area contributed by atoms with Gasteiger partial charge in [-0.15, -0.1) is 0 Å². The second-order valence-electron chi connectivity index (χ2n) is 5.42. The molecule has 2 rings (SSSR count). The van der Waals surface area contributed by atoms with Crippen LogP contribution >= 0.6 is 11.8 Å². The number of carbonyl (C=O) groups excluding carboxylic acids is 1. The highest BCUT2D eigenvalue weighted by Gasteiger charge is 2.33. The fraction of sp³-hybridized carbons (Fsp3) is 0.923. The van der Waals surface area contributed by atoms with Gasteiger partial charge in [0.25, 0.3) is 0 Å². The van der Waals surface area contributed by atoms with E-state index >= 15 is 0 Å². The normalized spacial score (nSPS) is 28.7. The van der Waals surface area contributed by atoms with Crippen LogP contribution in [0.25, 0.3) is 0 Å². The fourth-order valence-electron chi connectivity index (χ4n) is 2.79. The Balaban J connectivity index is 1.83. The van der Waals surface area contributed by atoms with Crippen molar-refractivity contribution >= 4 is 17.7 Å². The topological polar surface area (TPSA) is 23.6 Å². The lowest BCUT2D eigenvalue weighted by molar-refractivity contribution is -0.131. The van der Waals surface area contributed by atoms with Gasteiger partial charge in [-0.2, -0.15) is 11.8 Å². The van der Waals surface area contributed by atoms with Gasteiger partial charge in [-0.05, 0) is 39.0 Å². The van der Waals surface area contributed by atoms with Gasteiger partial charge in [0.1, 0.15) is 0 Å². The summed E-state index contributed by atoms with van der Waals surface area (Å²) in [5, 5.41) is 0.721. The van der Waals surface area contributed by atoms with Gasteiger partial charge in [0.2, 0.25) is 5.91 Å². The molecule has 0 radical (unpaired) electrons. The Morgan fingerprint density at radius 3 is 2.53 bits per heavy atom. The highest BCUT2D eigenvalue weighted by molar-refractivity contribution is 7.99. The minimum absolute atomic E-state index is 0.293. The third-order valence-electron chi connectivity index (χ3n) is 4.16. The quantitative estimate of drug-likeness (QED) is 0.750. The molecule has 0 unspecified atom stereocenters. The first-order valence-corrected chi connectivity index (χ1v) is 7.91. The van der Waals surface area contributed by atoms with E-state index in [1.165, 1.54) is 32.1 Å². The van der Waals surface area contributed by atoms with Crippen molar-refractivity contribution < 1.29 is 4.79 Å². The van der Waals surface area contributed by atoms with Crippen LogP contribution in [0.5, 0.6) is 0 Å². The van der Waals surface area contributed by atoms with Crippen LogP contribution in [-0.2, 0) is 4.79 Å². The third-order valence-corrected chi connectivity index (χ3v) is 5.31. The number of amides is 1. The number of hydrogen-bond donors (Lipinski definition) is 0. The molecule has 2 fully saturated rings. The molecular formula is C13H24N2OS. The van der Waals surface area contributed by atoms with Gasteiger partial charge >= 0.3 is 0 Å². The maximum absolute atomic E-state index is 12.1. The van der Waals surface area contributed by atoms with Crippen LogP contribution in [0.15, 0.2) is 0 Å². The van der Waals surface area contributed by atoms with E-state index in [0.717, 1.165) is 5.25 Å². The third kappa shape index (κ3) is 3.16. The Morgan fingerprint density at radius 2 is 1.94 bits per heavy atom. The Kier molecular flexibility index (Phi) is 4.36. The van der Waals surface area contributed by atoms with Gasteiger partial charge in [0.05, 0.1) is 6.54 Å². The van der Waals surface area contributed by atoms with Gasteiger partial charge in [-0.1, -0.05) is 6.42 Å². The minimum atomic E-state index is 0.293. The van der Waals surface area contributed by atoms with E-state index in [4.69, 9.17) is 0 Å². The fourth-order valence-corrected chi connectivity index (χ4v) is 3.85. The molecule has 0 saturated heterocycles. The van der Waals surface area contributed by atoms with E-state index in [0.29, 0.717) is 24.5 Å². The van der Waals surface area contributed by atoms with Crippen molar-refractivity contribution in [2.75, 3.05) is 26.9 Å². The van der Waals surface area contributed by atoms with Gasteiger partial charge in [0, 0.05) is 24.4 Å². The summed E-state index contributed by atoms with van der Waals surface area (Å²) in [6.07, 6.45) is 8.46. The van der Waals surface area contributed by atoms with Gasteiger partial charge in [-0.25, -0.2) is 0 Å². The average molecular weight is 256 g/mol. The molecule has 17 heavy (non-hydrogen) atoms. The van der Waals surface area contributed by atoms with Gasteiger partial charge < -0.3 is 4.90 Å². The lowest BCUT2D eigenvalue weighted by Gasteiger charge is -2.29. The number of thioether (sulfide) groups is 1. The summed E-state index contributed by atoms with van der Waals surface area (Å²) in [6.45, 7) is 0.592. The highest BCUT2D eigenvalue weighted by atomic mass is 32.2. The predicted molar refractivity (Wildman–Crippen MR) is 73.4 cm³/mol. The van der Waals surface area contributed by atoms with Gasteiger partial charge in [0.15, 0.2) is 0 Å². The molecule has 0 aromatic carbocycles. The molecule has 2 aliphatic rings. The molecule has 0 N–H and O–H groups in total. The van der Waals surface area contributed by atoms with Crippen LogP contribution in [0.4, 0.5) is 0 Å². The first-order valence-electron chi connectivity index (χ1n) is 6.62. The van der Waals surface area contributed by atoms with Crippen molar-refractivity contribution in [3.05, 3.63) is 0 Å². The summed E-state index contributed by atoms with van der Waals surface area (Å²) in [4.78, 5) is 16.3. The van der Waals surface area contributed by atoms with E-state index in [9.17, 15) is 4.79 Å². The Hall–Kier alpha value is -0.220. The van der Waals surface area contributed by atoms with Crippen LogP contribution in [0.1, 0.15) is 32.1 Å². The molecule has 0 bridgehead atoms. The van der Waals surface area contributed by atoms with Crippen LogP contribution in [-0.4, -0.2) is 59.9 Å². The Labute approximate surface area is 109 Å². The van der Waals surface area contributed by atoms with E-state index < -0.39 is 0 Å². The van der Waals surface area contributed by atoms with Crippen molar-refractivity contribution in [1.29, 1.82) is 0 Å². The van der Waals surface area contributed by atoms with Crippen molar-refractivity contribution in [1.82, 2.24) is 9.80 Å². The number of carbonyl (C=O) groups is 1. The molecule has 0 aromatic rings. The zero-order valence-electron chi connectivity index (χ0n) is 11.2. The number of rotatable bonds is 5. The molecule has 0 heterocycles. The minimum Gasteiger partial charge on any atom is -0.342 e. The van der Waals surface area contributed by atoms with Gasteiger partial charge in [-0.3, -0.25) is 9.69 Å². The molecule has 4 heteroatoms. The largest absolute Gasteiger partial charge is 0.342 e. The van der Waals surface area contributed by atoms with E-state index in [1.807, 2.05) is 23.7 Å². The summed E-state index contributed by atoms with van der Waals surface area (Å²) in [6, 6.07) is 1.14. The smallest absolute Gasteiger partial charge is 0.236 e. The zero-order chi connectivity index (χ0) is 12.4. The average Bonchev–Trinajstić information content (AvgIpc) is 3.05. The second kappa shape index (κ2) is 5.61. The van der Waals surface area contributed by atoms with Crippen LogP contribution in [0, 0.1) is 0 Å². The van der Waals surface area contributed by atoms with Crippen molar-refractivity contribution in [2.24, 2.45) is 0 Å². The lowest BCUT2D eigenvalue weighted by atomic mass is 10.2. The molecule has 98 valence electrons. The molecular weight excluding hydrogens is 232 g/mol. The summed E-state index contributed by atoms with van der Waals surface area (Å²) < 4.78 is 0. The van der Waals surface area contributed by atoms with Crippen molar-refractivity contribution in [2.45, 2.75) is 49.4 Å². The second-order valence-corrected chi connectivity index (χ2v) is 6.50. The SMILES string of the molecule is CS[C@@H]1CCC[C@H]1N(C)CC(=O)N(C)C1CC1. The van der Waals surface area contributed by atoms with Crippen molar-refractivity contribution in [3.8, 4) is 0 Å². The summed E-state index contributed by atoms with van der Waals surface area (Å²) >= 11 is 1.96. The first kappa shape index (κ1) is 13.2. The van der Waals surface area contributed by atoms with Crippen molar-refractivity contribution in [3.63, 3.8) is 0 Å². The maximum atomic E-state index is 12.1.